The number of hydrogen-bond acceptors (Lipinski definition) is 9. The van der Waals surface area contributed by atoms with Crippen molar-refractivity contribution in [2.24, 2.45) is 16.6 Å². The lowest BCUT2D eigenvalue weighted by Gasteiger charge is -2.33. The smallest absolute Gasteiger partial charge is 0.259 e. The van der Waals surface area contributed by atoms with Crippen molar-refractivity contribution >= 4 is 22.9 Å². The molecule has 8 nitrogen and oxygen atoms in total. The number of anilines is 1. The number of fused-ring (bicyclic) bond motifs is 1. The molecule has 0 spiro atoms. The van der Waals surface area contributed by atoms with Gasteiger partial charge in [0.2, 0.25) is 11.8 Å². The molecule has 1 fully saturated rings. The summed E-state index contributed by atoms with van der Waals surface area (Å²) in [4.78, 5) is 19.1. The van der Waals surface area contributed by atoms with Gasteiger partial charge in [-0.05, 0) is 12.1 Å². The molecule has 1 unspecified atom stereocenters. The molecule has 0 amide bonds. The molecule has 0 saturated carbocycles. The van der Waals surface area contributed by atoms with Crippen molar-refractivity contribution in [2.45, 2.75) is 5.54 Å². The number of methoxy groups -OCH3 is 2. The van der Waals surface area contributed by atoms with Gasteiger partial charge in [0, 0.05) is 18.2 Å². The van der Waals surface area contributed by atoms with E-state index in [1.807, 2.05) is 4.90 Å². The van der Waals surface area contributed by atoms with E-state index in [2.05, 4.69) is 15.0 Å². The first kappa shape index (κ1) is 18.7. The summed E-state index contributed by atoms with van der Waals surface area (Å²) >= 11 is 1.45. The Hall–Kier alpha value is -2.69. The van der Waals surface area contributed by atoms with Gasteiger partial charge in [0.15, 0.2) is 5.17 Å². The Labute approximate surface area is 164 Å². The highest BCUT2D eigenvalue weighted by Gasteiger charge is 2.52. The minimum atomic E-state index is -0.766. The van der Waals surface area contributed by atoms with E-state index in [4.69, 9.17) is 20.2 Å². The summed E-state index contributed by atoms with van der Waals surface area (Å²) in [5.41, 5.74) is 5.86. The minimum absolute atomic E-state index is 0.0356. The number of aromatic nitrogens is 3. The van der Waals surface area contributed by atoms with Crippen molar-refractivity contribution in [2.75, 3.05) is 38.0 Å². The van der Waals surface area contributed by atoms with Crippen LogP contribution in [0.4, 0.5) is 14.7 Å². The summed E-state index contributed by atoms with van der Waals surface area (Å²) in [5, 5.41) is 0.444. The van der Waals surface area contributed by atoms with Crippen LogP contribution in [0, 0.1) is 17.6 Å². The van der Waals surface area contributed by atoms with Crippen LogP contribution >= 0.6 is 11.8 Å². The van der Waals surface area contributed by atoms with Crippen molar-refractivity contribution < 1.29 is 18.3 Å². The van der Waals surface area contributed by atoms with E-state index >= 15 is 0 Å². The molecule has 1 saturated heterocycles. The van der Waals surface area contributed by atoms with Crippen LogP contribution in [0.15, 0.2) is 23.3 Å². The van der Waals surface area contributed by atoms with E-state index in [0.717, 1.165) is 6.20 Å². The summed E-state index contributed by atoms with van der Waals surface area (Å²) in [6, 6.07) is 2.97. The third-order valence-electron chi connectivity index (χ3n) is 4.91. The van der Waals surface area contributed by atoms with E-state index in [-0.39, 0.29) is 23.6 Å². The second-order valence-electron chi connectivity index (χ2n) is 6.48. The molecule has 4 heterocycles. The van der Waals surface area contributed by atoms with E-state index < -0.39 is 17.2 Å². The molecule has 2 atom stereocenters. The van der Waals surface area contributed by atoms with Gasteiger partial charge in [-0.3, -0.25) is 4.98 Å². The van der Waals surface area contributed by atoms with Gasteiger partial charge in [0.25, 0.3) is 11.8 Å². The molecule has 0 aliphatic carbocycles. The molecule has 0 bridgehead atoms. The maximum Gasteiger partial charge on any atom is 0.259 e. The van der Waals surface area contributed by atoms with Crippen LogP contribution in [0.2, 0.25) is 0 Å². The molecule has 2 aliphatic heterocycles. The maximum atomic E-state index is 14.2. The molecular weight excluding hydrogens is 390 g/mol. The zero-order valence-corrected chi connectivity index (χ0v) is 16.0. The number of nitrogens with two attached hydrogens (primary N) is 1. The lowest BCUT2D eigenvalue weighted by molar-refractivity contribution is 0.327. The second kappa shape index (κ2) is 7.04. The molecule has 0 aromatic carbocycles. The van der Waals surface area contributed by atoms with Gasteiger partial charge in [-0.1, -0.05) is 11.8 Å². The number of hydrogen-bond donors (Lipinski definition) is 1. The summed E-state index contributed by atoms with van der Waals surface area (Å²) in [6.07, 6.45) is 1.16. The molecule has 2 N–H and O–H groups in total. The zero-order chi connectivity index (χ0) is 19.9. The Bertz CT molecular complexity index is 903. The summed E-state index contributed by atoms with van der Waals surface area (Å²) in [6.45, 7) is 0.899. The predicted octanol–water partition coefficient (Wildman–Crippen LogP) is 1.56. The molecule has 11 heteroatoms. The number of aliphatic imine (C=N–C) groups is 1. The van der Waals surface area contributed by atoms with E-state index in [1.54, 1.807) is 6.07 Å². The fourth-order valence-electron chi connectivity index (χ4n) is 3.57. The lowest BCUT2D eigenvalue weighted by atomic mass is 9.85. The van der Waals surface area contributed by atoms with Crippen molar-refractivity contribution in [1.29, 1.82) is 0 Å². The molecule has 148 valence electrons. The molecule has 0 radical (unpaired) electrons. The number of pyridine rings is 1. The number of halogens is 2. The van der Waals surface area contributed by atoms with Crippen LogP contribution in [-0.2, 0) is 5.54 Å². The number of nitrogens with zero attached hydrogens (tertiary/aromatic N) is 5. The average Bonchev–Trinajstić information content (AvgIpc) is 3.08. The van der Waals surface area contributed by atoms with Crippen molar-refractivity contribution in [3.63, 3.8) is 0 Å². The van der Waals surface area contributed by atoms with Gasteiger partial charge < -0.3 is 20.1 Å². The first-order valence-electron chi connectivity index (χ1n) is 8.47. The van der Waals surface area contributed by atoms with E-state index in [0.29, 0.717) is 29.7 Å². The van der Waals surface area contributed by atoms with Gasteiger partial charge in [-0.25, -0.2) is 9.38 Å². The van der Waals surface area contributed by atoms with Gasteiger partial charge in [0.05, 0.1) is 32.7 Å². The molecule has 4 rings (SSSR count). The Morgan fingerprint density at radius 1 is 1.21 bits per heavy atom. The first-order valence-corrected chi connectivity index (χ1v) is 9.46. The van der Waals surface area contributed by atoms with Crippen molar-refractivity contribution in [3.05, 3.63) is 35.7 Å². The molecule has 28 heavy (non-hydrogen) atoms. The minimum Gasteiger partial charge on any atom is -0.479 e. The normalized spacial score (nSPS) is 23.9. The summed E-state index contributed by atoms with van der Waals surface area (Å²) < 4.78 is 37.6. The van der Waals surface area contributed by atoms with Crippen LogP contribution < -0.4 is 20.1 Å². The third-order valence-corrected chi connectivity index (χ3v) is 5.87. The Kier molecular flexibility index (Phi) is 4.69. The quantitative estimate of drug-likeness (QED) is 0.814. The summed E-state index contributed by atoms with van der Waals surface area (Å²) in [7, 11) is 2.65. The monoisotopic (exact) mass is 408 g/mol. The second-order valence-corrected chi connectivity index (χ2v) is 7.52. The molecule has 2 aromatic heterocycles. The molecular formula is C17H18F2N6O2S. The number of ether oxygens (including phenoxy) is 2. The van der Waals surface area contributed by atoms with Gasteiger partial charge >= 0.3 is 0 Å². The van der Waals surface area contributed by atoms with E-state index in [9.17, 15) is 8.78 Å². The largest absolute Gasteiger partial charge is 0.479 e. The van der Waals surface area contributed by atoms with Crippen LogP contribution in [0.25, 0.3) is 0 Å². The SMILES string of the molecule is COc1nc(N2C[C@H]3CSC(N)=NC3(c3ccc(F)cn3)C2)nc(OC)c1F. The number of rotatable bonds is 4. The topological polar surface area (TPSA) is 98.8 Å². The fourth-order valence-corrected chi connectivity index (χ4v) is 4.55. The maximum absolute atomic E-state index is 14.2. The van der Waals surface area contributed by atoms with Gasteiger partial charge in [-0.15, -0.1) is 0 Å². The zero-order valence-electron chi connectivity index (χ0n) is 15.2. The van der Waals surface area contributed by atoms with Gasteiger partial charge in [0.1, 0.15) is 11.4 Å². The van der Waals surface area contributed by atoms with Crippen molar-refractivity contribution in [3.8, 4) is 11.8 Å². The van der Waals surface area contributed by atoms with Crippen LogP contribution in [0.5, 0.6) is 11.8 Å². The van der Waals surface area contributed by atoms with Crippen LogP contribution in [-0.4, -0.2) is 53.2 Å². The fraction of sp³-hybridized carbons (Fsp3) is 0.412. The lowest BCUT2D eigenvalue weighted by Crippen LogP contribution is -2.40. The number of amidine groups is 1. The van der Waals surface area contributed by atoms with Crippen molar-refractivity contribution in [1.82, 2.24) is 15.0 Å². The Morgan fingerprint density at radius 3 is 2.54 bits per heavy atom. The highest BCUT2D eigenvalue weighted by molar-refractivity contribution is 8.13. The standard InChI is InChI=1S/C17H18F2N6O2S/c1-26-13-12(19)14(27-2)23-16(22-13)25-6-9-7-28-15(20)24-17(9,8-25)11-4-3-10(18)5-21-11/h3-5,9H,6-8H2,1-2H3,(H2,20,24)/t9-,17?/m0/s1. The van der Waals surface area contributed by atoms with Crippen LogP contribution in [0.1, 0.15) is 5.69 Å². The molecule has 2 aromatic rings. The molecule has 2 aliphatic rings. The Balaban J connectivity index is 1.77. The third kappa shape index (κ3) is 2.99. The Morgan fingerprint density at radius 2 is 1.93 bits per heavy atom. The van der Waals surface area contributed by atoms with Gasteiger partial charge in [-0.2, -0.15) is 14.4 Å². The highest BCUT2D eigenvalue weighted by atomic mass is 32.2. The summed E-state index contributed by atoms with van der Waals surface area (Å²) in [5.74, 6) is -0.604. The predicted molar refractivity (Wildman–Crippen MR) is 101 cm³/mol. The highest BCUT2D eigenvalue weighted by Crippen LogP contribution is 2.45. The number of thioether (sulfide) groups is 1. The first-order chi connectivity index (χ1) is 13.5. The van der Waals surface area contributed by atoms with E-state index in [1.165, 1.54) is 32.0 Å². The van der Waals surface area contributed by atoms with Crippen LogP contribution in [0.3, 0.4) is 0 Å². The average molecular weight is 408 g/mol.